The molecule has 3 rings (SSSR count). The zero-order valence-corrected chi connectivity index (χ0v) is 17.5. The number of nitrogens with one attached hydrogen (secondary N) is 1. The van der Waals surface area contributed by atoms with E-state index in [2.05, 4.69) is 10.5 Å². The van der Waals surface area contributed by atoms with Gasteiger partial charge in [-0.25, -0.2) is 0 Å². The second kappa shape index (κ2) is 8.63. The molecule has 0 spiro atoms. The van der Waals surface area contributed by atoms with E-state index in [0.717, 1.165) is 11.3 Å². The maximum absolute atomic E-state index is 12.6. The lowest BCUT2D eigenvalue weighted by atomic mass is 10.1. The number of halogens is 2. The Morgan fingerprint density at radius 1 is 1.17 bits per heavy atom. The largest absolute Gasteiger partial charge is 0.493 e. The van der Waals surface area contributed by atoms with Gasteiger partial charge >= 0.3 is 0 Å². The van der Waals surface area contributed by atoms with Crippen molar-refractivity contribution in [2.24, 2.45) is 0 Å². The van der Waals surface area contributed by atoms with Crippen LogP contribution in [0.2, 0.25) is 10.0 Å². The summed E-state index contributed by atoms with van der Waals surface area (Å²) >= 11 is 12.0. The van der Waals surface area contributed by atoms with Crippen LogP contribution in [0.25, 0.3) is 0 Å². The van der Waals surface area contributed by atoms with Gasteiger partial charge in [-0.05, 0) is 44.2 Å². The molecule has 0 saturated heterocycles. The SMILES string of the molecule is COc1cc(C(=O)Nc2cc(Cl)c(N)c(Cl)c2)ccc1OCc1c(C)noc1C. The number of carbonyl (C=O) groups is 1. The number of hydrogen-bond acceptors (Lipinski definition) is 6. The number of hydrogen-bond donors (Lipinski definition) is 2. The maximum Gasteiger partial charge on any atom is 0.255 e. The number of nitrogens with two attached hydrogens (primary N) is 1. The number of carbonyl (C=O) groups excluding carboxylic acids is 1. The van der Waals surface area contributed by atoms with Crippen LogP contribution >= 0.6 is 23.2 Å². The summed E-state index contributed by atoms with van der Waals surface area (Å²) in [5.41, 5.74) is 8.40. The first-order chi connectivity index (χ1) is 13.8. The maximum atomic E-state index is 12.6. The molecule has 0 atom stereocenters. The normalized spacial score (nSPS) is 10.7. The van der Waals surface area contributed by atoms with Crippen molar-refractivity contribution in [3.8, 4) is 11.5 Å². The average Bonchev–Trinajstić information content (AvgIpc) is 3.01. The lowest BCUT2D eigenvalue weighted by molar-refractivity contribution is 0.102. The van der Waals surface area contributed by atoms with Gasteiger partial charge in [-0.3, -0.25) is 4.79 Å². The lowest BCUT2D eigenvalue weighted by Crippen LogP contribution is -2.12. The molecule has 0 bridgehead atoms. The van der Waals surface area contributed by atoms with Crippen LogP contribution in [-0.2, 0) is 6.61 Å². The molecule has 7 nitrogen and oxygen atoms in total. The highest BCUT2D eigenvalue weighted by Gasteiger charge is 2.15. The molecule has 0 saturated carbocycles. The van der Waals surface area contributed by atoms with Crippen LogP contribution in [0.3, 0.4) is 0 Å². The number of aryl methyl sites for hydroxylation is 2. The molecule has 0 unspecified atom stereocenters. The van der Waals surface area contributed by atoms with E-state index >= 15 is 0 Å². The van der Waals surface area contributed by atoms with Gasteiger partial charge < -0.3 is 25.0 Å². The summed E-state index contributed by atoms with van der Waals surface area (Å²) in [6.07, 6.45) is 0. The number of nitrogens with zero attached hydrogens (tertiary/aromatic N) is 1. The van der Waals surface area contributed by atoms with E-state index in [4.69, 9.17) is 42.9 Å². The van der Waals surface area contributed by atoms with Gasteiger partial charge in [0.15, 0.2) is 11.5 Å². The van der Waals surface area contributed by atoms with Crippen molar-refractivity contribution in [3.63, 3.8) is 0 Å². The molecule has 0 radical (unpaired) electrons. The van der Waals surface area contributed by atoms with Crippen LogP contribution in [0.1, 0.15) is 27.4 Å². The number of rotatable bonds is 6. The van der Waals surface area contributed by atoms with Gasteiger partial charge in [-0.1, -0.05) is 28.4 Å². The Kier molecular flexibility index (Phi) is 6.20. The van der Waals surface area contributed by atoms with Gasteiger partial charge in [-0.15, -0.1) is 0 Å². The molecular formula is C20H19Cl2N3O4. The van der Waals surface area contributed by atoms with Crippen molar-refractivity contribution >= 4 is 40.5 Å². The van der Waals surface area contributed by atoms with Crippen LogP contribution in [-0.4, -0.2) is 18.2 Å². The first-order valence-electron chi connectivity index (χ1n) is 8.58. The topological polar surface area (TPSA) is 99.6 Å². The summed E-state index contributed by atoms with van der Waals surface area (Å²) in [6.45, 7) is 3.93. The first kappa shape index (κ1) is 20.8. The molecule has 2 aromatic carbocycles. The van der Waals surface area contributed by atoms with Crippen molar-refractivity contribution in [3.05, 3.63) is 63.0 Å². The Hall–Kier alpha value is -2.90. The Morgan fingerprint density at radius 2 is 1.86 bits per heavy atom. The molecule has 1 aromatic heterocycles. The van der Waals surface area contributed by atoms with Crippen molar-refractivity contribution in [2.45, 2.75) is 20.5 Å². The highest BCUT2D eigenvalue weighted by Crippen LogP contribution is 2.32. The van der Waals surface area contributed by atoms with Crippen molar-refractivity contribution in [2.75, 3.05) is 18.2 Å². The number of nitrogen functional groups attached to an aromatic ring is 1. The van der Waals surface area contributed by atoms with E-state index in [9.17, 15) is 4.79 Å². The zero-order valence-electron chi connectivity index (χ0n) is 16.0. The standard InChI is InChI=1S/C20H19Cl2N3O4/c1-10-14(11(2)29-25-10)9-28-17-5-4-12(6-18(17)27-3)20(26)24-13-7-15(21)19(23)16(22)8-13/h4-8H,9,23H2,1-3H3,(H,24,26). The number of benzene rings is 2. The highest BCUT2D eigenvalue weighted by atomic mass is 35.5. The molecule has 0 aliphatic carbocycles. The minimum absolute atomic E-state index is 0.257. The Morgan fingerprint density at radius 3 is 2.45 bits per heavy atom. The second-order valence-electron chi connectivity index (χ2n) is 6.26. The second-order valence-corrected chi connectivity index (χ2v) is 7.08. The van der Waals surface area contributed by atoms with Crippen LogP contribution in [0.5, 0.6) is 11.5 Å². The molecule has 152 valence electrons. The van der Waals surface area contributed by atoms with E-state index < -0.39 is 0 Å². The quantitative estimate of drug-likeness (QED) is 0.527. The fraction of sp³-hybridized carbons (Fsp3) is 0.200. The van der Waals surface area contributed by atoms with Crippen LogP contribution < -0.4 is 20.5 Å². The molecule has 0 fully saturated rings. The minimum atomic E-state index is -0.363. The number of methoxy groups -OCH3 is 1. The van der Waals surface area contributed by atoms with E-state index in [1.54, 1.807) is 18.2 Å². The molecule has 9 heteroatoms. The Bertz CT molecular complexity index is 1020. The molecular weight excluding hydrogens is 417 g/mol. The summed E-state index contributed by atoms with van der Waals surface area (Å²) in [4.78, 5) is 12.6. The summed E-state index contributed by atoms with van der Waals surface area (Å²) in [5.74, 6) is 1.23. The van der Waals surface area contributed by atoms with Crippen molar-refractivity contribution < 1.29 is 18.8 Å². The summed E-state index contributed by atoms with van der Waals surface area (Å²) < 4.78 is 16.3. The molecule has 0 aliphatic heterocycles. The Balaban J connectivity index is 1.76. The van der Waals surface area contributed by atoms with Gasteiger partial charge in [0.2, 0.25) is 0 Å². The number of amides is 1. The van der Waals surface area contributed by atoms with Gasteiger partial charge in [0.1, 0.15) is 12.4 Å². The fourth-order valence-corrected chi connectivity index (χ4v) is 3.13. The monoisotopic (exact) mass is 435 g/mol. The molecule has 3 aromatic rings. The zero-order chi connectivity index (χ0) is 21.1. The van der Waals surface area contributed by atoms with Crippen molar-refractivity contribution in [1.29, 1.82) is 0 Å². The number of ether oxygens (including phenoxy) is 2. The van der Waals surface area contributed by atoms with Crippen molar-refractivity contribution in [1.82, 2.24) is 5.16 Å². The minimum Gasteiger partial charge on any atom is -0.493 e. The summed E-state index contributed by atoms with van der Waals surface area (Å²) in [6, 6.07) is 7.92. The molecule has 1 amide bonds. The third kappa shape index (κ3) is 4.58. The Labute approximate surface area is 177 Å². The highest BCUT2D eigenvalue weighted by molar-refractivity contribution is 6.39. The van der Waals surface area contributed by atoms with E-state index in [-0.39, 0.29) is 28.2 Å². The smallest absolute Gasteiger partial charge is 0.255 e. The van der Waals surface area contributed by atoms with Gasteiger partial charge in [0, 0.05) is 11.3 Å². The van der Waals surface area contributed by atoms with E-state index in [0.29, 0.717) is 28.5 Å². The lowest BCUT2D eigenvalue weighted by Gasteiger charge is -2.13. The van der Waals surface area contributed by atoms with E-state index in [1.807, 2.05) is 13.8 Å². The first-order valence-corrected chi connectivity index (χ1v) is 9.34. The van der Waals surface area contributed by atoms with E-state index in [1.165, 1.54) is 19.2 Å². The van der Waals surface area contributed by atoms with Gasteiger partial charge in [-0.2, -0.15) is 0 Å². The molecule has 3 N–H and O–H groups in total. The molecule has 0 aliphatic rings. The average molecular weight is 436 g/mol. The molecule has 1 heterocycles. The summed E-state index contributed by atoms with van der Waals surface area (Å²) in [7, 11) is 1.50. The van der Waals surface area contributed by atoms with Crippen LogP contribution in [0.15, 0.2) is 34.9 Å². The number of aromatic nitrogens is 1. The predicted molar refractivity (Wildman–Crippen MR) is 112 cm³/mol. The third-order valence-electron chi connectivity index (χ3n) is 4.32. The molecule has 29 heavy (non-hydrogen) atoms. The predicted octanol–water partition coefficient (Wildman–Crippen LogP) is 5.02. The van der Waals surface area contributed by atoms with Gasteiger partial charge in [0.25, 0.3) is 5.91 Å². The number of anilines is 2. The van der Waals surface area contributed by atoms with Gasteiger partial charge in [0.05, 0.1) is 34.1 Å². The third-order valence-corrected chi connectivity index (χ3v) is 4.94. The summed E-state index contributed by atoms with van der Waals surface area (Å²) in [5, 5.41) is 7.14. The fourth-order valence-electron chi connectivity index (χ4n) is 2.65. The van der Waals surface area contributed by atoms with Crippen LogP contribution in [0.4, 0.5) is 11.4 Å². The van der Waals surface area contributed by atoms with Crippen LogP contribution in [0, 0.1) is 13.8 Å².